The fourth-order valence-electron chi connectivity index (χ4n) is 1.61. The molecule has 0 aliphatic heterocycles. The molecule has 16 heavy (non-hydrogen) atoms. The number of nitrogens with zero attached hydrogens (tertiary/aromatic N) is 1. The summed E-state index contributed by atoms with van der Waals surface area (Å²) >= 11 is 0. The molecular weight excluding hydrogens is 198 g/mol. The van der Waals surface area contributed by atoms with Crippen LogP contribution in [0.5, 0.6) is 0 Å². The lowest BCUT2D eigenvalue weighted by molar-refractivity contribution is -0.129. The number of likely N-dealkylation sites (N-methyl/N-ethyl adjacent to an activating group) is 1. The topological polar surface area (TPSA) is 20.3 Å². The Morgan fingerprint density at radius 1 is 1.31 bits per heavy atom. The molecule has 0 unspecified atom stereocenters. The van der Waals surface area contributed by atoms with Crippen molar-refractivity contribution in [3.63, 3.8) is 0 Å². The molecule has 1 amide bonds. The van der Waals surface area contributed by atoms with E-state index < -0.39 is 0 Å². The average molecular weight is 217 g/mol. The van der Waals surface area contributed by atoms with Crippen molar-refractivity contribution in [1.82, 2.24) is 4.90 Å². The summed E-state index contributed by atoms with van der Waals surface area (Å²) in [5, 5.41) is 0. The van der Waals surface area contributed by atoms with Gasteiger partial charge in [0.2, 0.25) is 5.91 Å². The fraction of sp³-hybridized carbons (Fsp3) is 0.357. The van der Waals surface area contributed by atoms with Gasteiger partial charge in [-0.25, -0.2) is 0 Å². The predicted octanol–water partition coefficient (Wildman–Crippen LogP) is 2.96. The first-order chi connectivity index (χ1) is 7.63. The second-order valence-electron chi connectivity index (χ2n) is 4.00. The number of carbonyl (C=O) groups excluding carboxylic acids is 1. The van der Waals surface area contributed by atoms with Crippen molar-refractivity contribution >= 4 is 12.0 Å². The molecular formula is C14H19NO. The average Bonchev–Trinajstić information content (AvgIpc) is 2.29. The highest BCUT2D eigenvalue weighted by Gasteiger charge is 2.05. The van der Waals surface area contributed by atoms with E-state index in [-0.39, 0.29) is 5.91 Å². The van der Waals surface area contributed by atoms with Gasteiger partial charge in [0, 0.05) is 20.0 Å². The van der Waals surface area contributed by atoms with Crippen molar-refractivity contribution in [3.8, 4) is 0 Å². The van der Waals surface area contributed by atoms with Gasteiger partial charge in [-0.15, -0.1) is 0 Å². The molecule has 2 heteroatoms. The minimum Gasteiger partial charge on any atom is -0.342 e. The molecule has 0 aliphatic rings. The van der Waals surface area contributed by atoms with Gasteiger partial charge in [0.15, 0.2) is 0 Å². The molecule has 86 valence electrons. The van der Waals surface area contributed by atoms with E-state index in [0.29, 0.717) is 13.0 Å². The van der Waals surface area contributed by atoms with Crippen LogP contribution in [0.25, 0.3) is 6.08 Å². The van der Waals surface area contributed by atoms with Crippen molar-refractivity contribution in [2.45, 2.75) is 20.3 Å². The molecule has 0 saturated heterocycles. The Bertz CT molecular complexity index is 368. The third-order valence-corrected chi connectivity index (χ3v) is 2.43. The number of hydrogen-bond acceptors (Lipinski definition) is 1. The van der Waals surface area contributed by atoms with E-state index in [0.717, 1.165) is 0 Å². The number of hydrogen-bond donors (Lipinski definition) is 0. The highest BCUT2D eigenvalue weighted by Crippen LogP contribution is 2.07. The monoisotopic (exact) mass is 217 g/mol. The van der Waals surface area contributed by atoms with Crippen LogP contribution in [0.2, 0.25) is 0 Å². The lowest BCUT2D eigenvalue weighted by Crippen LogP contribution is -2.27. The van der Waals surface area contributed by atoms with Gasteiger partial charge in [0.05, 0.1) is 0 Å². The standard InChI is InChI=1S/C14H19NO/c1-4-14(16)15(3)11-12(2)10-13-8-6-5-7-9-13/h5-10H,4,11H2,1-3H3/b12-10-. The molecule has 0 spiro atoms. The first-order valence-electron chi connectivity index (χ1n) is 5.59. The first kappa shape index (κ1) is 12.5. The quantitative estimate of drug-likeness (QED) is 0.759. The van der Waals surface area contributed by atoms with E-state index >= 15 is 0 Å². The van der Waals surface area contributed by atoms with Gasteiger partial charge < -0.3 is 4.90 Å². The second kappa shape index (κ2) is 6.11. The van der Waals surface area contributed by atoms with Crippen molar-refractivity contribution in [2.24, 2.45) is 0 Å². The highest BCUT2D eigenvalue weighted by atomic mass is 16.2. The molecule has 2 nitrogen and oxygen atoms in total. The lowest BCUT2D eigenvalue weighted by atomic mass is 10.1. The van der Waals surface area contributed by atoms with Crippen molar-refractivity contribution in [3.05, 3.63) is 41.5 Å². The third kappa shape index (κ3) is 3.89. The van der Waals surface area contributed by atoms with Crippen LogP contribution < -0.4 is 0 Å². The summed E-state index contributed by atoms with van der Waals surface area (Å²) in [5.41, 5.74) is 2.37. The van der Waals surface area contributed by atoms with Gasteiger partial charge in [-0.3, -0.25) is 4.79 Å². The van der Waals surface area contributed by atoms with E-state index in [1.54, 1.807) is 4.90 Å². The summed E-state index contributed by atoms with van der Waals surface area (Å²) in [6, 6.07) is 10.1. The van der Waals surface area contributed by atoms with Crippen molar-refractivity contribution in [1.29, 1.82) is 0 Å². The van der Waals surface area contributed by atoms with Crippen LogP contribution in [0.15, 0.2) is 35.9 Å². The maximum absolute atomic E-state index is 11.4. The predicted molar refractivity (Wildman–Crippen MR) is 68.0 cm³/mol. The van der Waals surface area contributed by atoms with E-state index in [1.165, 1.54) is 11.1 Å². The molecule has 0 heterocycles. The smallest absolute Gasteiger partial charge is 0.222 e. The first-order valence-corrected chi connectivity index (χ1v) is 5.59. The van der Waals surface area contributed by atoms with Crippen LogP contribution in [-0.2, 0) is 4.79 Å². The van der Waals surface area contributed by atoms with Crippen LogP contribution in [0.3, 0.4) is 0 Å². The lowest BCUT2D eigenvalue weighted by Gasteiger charge is -2.16. The van der Waals surface area contributed by atoms with Gasteiger partial charge in [-0.2, -0.15) is 0 Å². The third-order valence-electron chi connectivity index (χ3n) is 2.43. The maximum atomic E-state index is 11.4. The Kier molecular flexibility index (Phi) is 4.77. The second-order valence-corrected chi connectivity index (χ2v) is 4.00. The Labute approximate surface area is 97.6 Å². The molecule has 1 rings (SSSR count). The molecule has 0 N–H and O–H groups in total. The molecule has 0 aliphatic carbocycles. The van der Waals surface area contributed by atoms with Gasteiger partial charge in [0.25, 0.3) is 0 Å². The normalized spacial score (nSPS) is 11.3. The molecule has 0 atom stereocenters. The van der Waals surface area contributed by atoms with E-state index in [9.17, 15) is 4.79 Å². The molecule has 0 fully saturated rings. The van der Waals surface area contributed by atoms with Gasteiger partial charge >= 0.3 is 0 Å². The number of benzene rings is 1. The van der Waals surface area contributed by atoms with Gasteiger partial charge in [-0.1, -0.05) is 48.9 Å². The van der Waals surface area contributed by atoms with Crippen LogP contribution in [0.1, 0.15) is 25.8 Å². The molecule has 1 aromatic carbocycles. The molecule has 1 aromatic rings. The van der Waals surface area contributed by atoms with Gasteiger partial charge in [0.1, 0.15) is 0 Å². The fourth-order valence-corrected chi connectivity index (χ4v) is 1.61. The van der Waals surface area contributed by atoms with E-state index in [4.69, 9.17) is 0 Å². The largest absolute Gasteiger partial charge is 0.342 e. The molecule has 0 radical (unpaired) electrons. The summed E-state index contributed by atoms with van der Waals surface area (Å²) in [6.45, 7) is 4.63. The van der Waals surface area contributed by atoms with Crippen molar-refractivity contribution in [2.75, 3.05) is 13.6 Å². The van der Waals surface area contributed by atoms with Crippen LogP contribution in [0.4, 0.5) is 0 Å². The number of amides is 1. The van der Waals surface area contributed by atoms with Crippen LogP contribution >= 0.6 is 0 Å². The Morgan fingerprint density at radius 3 is 2.50 bits per heavy atom. The Morgan fingerprint density at radius 2 is 1.94 bits per heavy atom. The zero-order valence-corrected chi connectivity index (χ0v) is 10.2. The Hall–Kier alpha value is -1.57. The minimum absolute atomic E-state index is 0.181. The maximum Gasteiger partial charge on any atom is 0.222 e. The zero-order chi connectivity index (χ0) is 12.0. The van der Waals surface area contributed by atoms with Gasteiger partial charge in [-0.05, 0) is 12.5 Å². The Balaban J connectivity index is 2.62. The van der Waals surface area contributed by atoms with E-state index in [1.807, 2.05) is 39.1 Å². The summed E-state index contributed by atoms with van der Waals surface area (Å²) in [6.07, 6.45) is 2.68. The van der Waals surface area contributed by atoms with Crippen LogP contribution in [-0.4, -0.2) is 24.4 Å². The summed E-state index contributed by atoms with van der Waals surface area (Å²) < 4.78 is 0. The zero-order valence-electron chi connectivity index (χ0n) is 10.2. The summed E-state index contributed by atoms with van der Waals surface area (Å²) in [7, 11) is 1.84. The summed E-state index contributed by atoms with van der Waals surface area (Å²) in [4.78, 5) is 13.2. The number of carbonyl (C=O) groups is 1. The van der Waals surface area contributed by atoms with Crippen LogP contribution in [0, 0.1) is 0 Å². The molecule has 0 aromatic heterocycles. The summed E-state index contributed by atoms with van der Waals surface area (Å²) in [5.74, 6) is 0.181. The number of rotatable bonds is 4. The molecule has 0 bridgehead atoms. The highest BCUT2D eigenvalue weighted by molar-refractivity contribution is 5.76. The van der Waals surface area contributed by atoms with Crippen molar-refractivity contribution < 1.29 is 4.79 Å². The molecule has 0 saturated carbocycles. The minimum atomic E-state index is 0.181. The van der Waals surface area contributed by atoms with E-state index in [2.05, 4.69) is 18.2 Å². The SMILES string of the molecule is CCC(=O)N(C)C/C(C)=C\c1ccccc1.